The van der Waals surface area contributed by atoms with Crippen LogP contribution in [0.25, 0.3) is 0 Å². The maximum absolute atomic E-state index is 12.3. The van der Waals surface area contributed by atoms with E-state index in [2.05, 4.69) is 15.5 Å². The lowest BCUT2D eigenvalue weighted by molar-refractivity contribution is -0.124. The third-order valence-electron chi connectivity index (χ3n) is 5.43. The quantitative estimate of drug-likeness (QED) is 0.780. The lowest BCUT2D eigenvalue weighted by atomic mass is 9.80. The molecule has 0 radical (unpaired) electrons. The van der Waals surface area contributed by atoms with Crippen molar-refractivity contribution < 1.29 is 19.1 Å². The number of nitrogens with one attached hydrogen (secondary N) is 2. The van der Waals surface area contributed by atoms with Gasteiger partial charge >= 0.3 is 6.09 Å². The van der Waals surface area contributed by atoms with Gasteiger partial charge in [0.2, 0.25) is 0 Å². The van der Waals surface area contributed by atoms with Crippen molar-refractivity contribution in [2.75, 3.05) is 19.0 Å². The number of nitrogens with zero attached hydrogens (tertiary/aromatic N) is 2. The Balaban J connectivity index is 1.21. The zero-order chi connectivity index (χ0) is 20.2. The van der Waals surface area contributed by atoms with Crippen molar-refractivity contribution in [2.45, 2.75) is 50.4 Å². The minimum absolute atomic E-state index is 0.104. The summed E-state index contributed by atoms with van der Waals surface area (Å²) in [5.74, 6) is 0.653. The third kappa shape index (κ3) is 4.76. The molecule has 8 heteroatoms. The predicted octanol–water partition coefficient (Wildman–Crippen LogP) is 3.04. The fraction of sp³-hybridized carbons (Fsp3) is 0.476. The Morgan fingerprint density at radius 2 is 2.10 bits per heavy atom. The van der Waals surface area contributed by atoms with E-state index in [1.165, 1.54) is 0 Å². The van der Waals surface area contributed by atoms with E-state index in [1.54, 1.807) is 11.9 Å². The van der Waals surface area contributed by atoms with Gasteiger partial charge < -0.3 is 19.7 Å². The van der Waals surface area contributed by atoms with Gasteiger partial charge in [0.25, 0.3) is 5.91 Å². The second-order valence-corrected chi connectivity index (χ2v) is 7.71. The van der Waals surface area contributed by atoms with E-state index >= 15 is 0 Å². The lowest BCUT2D eigenvalue weighted by Crippen LogP contribution is -2.37. The van der Waals surface area contributed by atoms with Crippen LogP contribution in [0, 0.1) is 0 Å². The van der Waals surface area contributed by atoms with Gasteiger partial charge in [-0.1, -0.05) is 30.3 Å². The summed E-state index contributed by atoms with van der Waals surface area (Å²) in [7, 11) is 1.74. The van der Waals surface area contributed by atoms with E-state index in [4.69, 9.17) is 9.47 Å². The molecular weight excluding hydrogens is 372 g/mol. The predicted molar refractivity (Wildman–Crippen MR) is 106 cm³/mol. The summed E-state index contributed by atoms with van der Waals surface area (Å²) in [4.78, 5) is 25.9. The Morgan fingerprint density at radius 3 is 2.83 bits per heavy atom. The van der Waals surface area contributed by atoms with E-state index in [0.29, 0.717) is 19.0 Å². The Labute approximate surface area is 169 Å². The second kappa shape index (κ2) is 8.65. The smallest absolute Gasteiger partial charge is 0.410 e. The Hall–Kier alpha value is -2.87. The summed E-state index contributed by atoms with van der Waals surface area (Å²) in [5, 5.41) is 9.96. The molecule has 8 nitrogen and oxygen atoms in total. The molecule has 2 amide bonds. The number of amides is 2. The third-order valence-corrected chi connectivity index (χ3v) is 5.43. The van der Waals surface area contributed by atoms with Crippen molar-refractivity contribution in [3.05, 3.63) is 47.7 Å². The van der Waals surface area contributed by atoms with Crippen molar-refractivity contribution >= 4 is 17.8 Å². The SMILES string of the molecule is CN(Cc1ccccc1)C(=O)OC1CC(c2cc(NC(=O)C3CCCO3)[nH]n2)C1. The molecule has 2 heterocycles. The number of aromatic nitrogens is 2. The van der Waals surface area contributed by atoms with E-state index in [0.717, 1.165) is 36.9 Å². The maximum Gasteiger partial charge on any atom is 0.410 e. The molecule has 4 rings (SSSR count). The largest absolute Gasteiger partial charge is 0.446 e. The standard InChI is InChI=1S/C21H26N4O4/c1-25(13-14-6-3-2-4-7-14)21(27)29-16-10-15(11-16)17-12-19(24-23-17)22-20(26)18-8-5-9-28-18/h2-4,6-7,12,15-16,18H,5,8-11,13H2,1H3,(H2,22,23,24,26). The van der Waals surface area contributed by atoms with Gasteiger partial charge in [0, 0.05) is 32.2 Å². The molecule has 1 aromatic carbocycles. The van der Waals surface area contributed by atoms with E-state index in [-0.39, 0.29) is 30.1 Å². The van der Waals surface area contributed by atoms with Gasteiger partial charge in [-0.05, 0) is 31.2 Å². The fourth-order valence-corrected chi connectivity index (χ4v) is 3.67. The first-order chi connectivity index (χ1) is 14.1. The lowest BCUT2D eigenvalue weighted by Gasteiger charge is -2.34. The van der Waals surface area contributed by atoms with Crippen molar-refractivity contribution in [1.82, 2.24) is 15.1 Å². The molecule has 0 spiro atoms. The summed E-state index contributed by atoms with van der Waals surface area (Å²) < 4.78 is 11.0. The van der Waals surface area contributed by atoms with E-state index in [9.17, 15) is 9.59 Å². The monoisotopic (exact) mass is 398 g/mol. The first kappa shape index (κ1) is 19.4. The second-order valence-electron chi connectivity index (χ2n) is 7.71. The highest BCUT2D eigenvalue weighted by Gasteiger charge is 2.35. The summed E-state index contributed by atoms with van der Waals surface area (Å²) in [6.45, 7) is 1.15. The molecule has 2 N–H and O–H groups in total. The van der Waals surface area contributed by atoms with Crippen LogP contribution in [0.15, 0.2) is 36.4 Å². The number of hydrogen-bond acceptors (Lipinski definition) is 5. The van der Waals surface area contributed by atoms with Crippen molar-refractivity contribution in [3.8, 4) is 0 Å². The average molecular weight is 398 g/mol. The normalized spacial score (nSPS) is 23.3. The molecule has 29 heavy (non-hydrogen) atoms. The number of carbonyl (C=O) groups excluding carboxylic acids is 2. The summed E-state index contributed by atoms with van der Waals surface area (Å²) in [6.07, 6.45) is 2.33. The van der Waals surface area contributed by atoms with Crippen LogP contribution in [0.3, 0.4) is 0 Å². The van der Waals surface area contributed by atoms with Crippen molar-refractivity contribution in [2.24, 2.45) is 0 Å². The molecule has 1 atom stereocenters. The fourth-order valence-electron chi connectivity index (χ4n) is 3.67. The number of hydrogen-bond donors (Lipinski definition) is 2. The van der Waals surface area contributed by atoms with Crippen molar-refractivity contribution in [3.63, 3.8) is 0 Å². The van der Waals surface area contributed by atoms with Crippen LogP contribution in [0.4, 0.5) is 10.6 Å². The van der Waals surface area contributed by atoms with Gasteiger partial charge in [-0.2, -0.15) is 5.10 Å². The molecule has 1 aliphatic carbocycles. The Morgan fingerprint density at radius 1 is 1.31 bits per heavy atom. The topological polar surface area (TPSA) is 96.5 Å². The molecule has 2 fully saturated rings. The van der Waals surface area contributed by atoms with E-state index in [1.807, 2.05) is 36.4 Å². The summed E-state index contributed by atoms with van der Waals surface area (Å²) >= 11 is 0. The number of aromatic amines is 1. The number of ether oxygens (including phenoxy) is 2. The molecule has 1 aromatic heterocycles. The highest BCUT2D eigenvalue weighted by Crippen LogP contribution is 2.38. The highest BCUT2D eigenvalue weighted by molar-refractivity contribution is 5.93. The van der Waals surface area contributed by atoms with Crippen LogP contribution in [0.5, 0.6) is 0 Å². The first-order valence-corrected chi connectivity index (χ1v) is 10.0. The van der Waals surface area contributed by atoms with Crippen LogP contribution < -0.4 is 5.32 Å². The van der Waals surface area contributed by atoms with Gasteiger partial charge in [0.15, 0.2) is 0 Å². The molecule has 2 aromatic rings. The van der Waals surface area contributed by atoms with Crippen molar-refractivity contribution in [1.29, 1.82) is 0 Å². The number of anilines is 1. The number of carbonyl (C=O) groups is 2. The van der Waals surface area contributed by atoms with Gasteiger partial charge in [-0.15, -0.1) is 0 Å². The van der Waals surface area contributed by atoms with Crippen LogP contribution in [-0.4, -0.2) is 53.0 Å². The number of H-pyrrole nitrogens is 1. The first-order valence-electron chi connectivity index (χ1n) is 10.0. The molecule has 0 bridgehead atoms. The van der Waals surface area contributed by atoms with E-state index < -0.39 is 0 Å². The molecule has 1 saturated heterocycles. The molecule has 1 aliphatic heterocycles. The van der Waals surface area contributed by atoms with Gasteiger partial charge in [0.1, 0.15) is 18.0 Å². The van der Waals surface area contributed by atoms with Gasteiger partial charge in [-0.25, -0.2) is 4.79 Å². The minimum Gasteiger partial charge on any atom is -0.446 e. The Bertz CT molecular complexity index is 841. The summed E-state index contributed by atoms with van der Waals surface area (Å²) in [5.41, 5.74) is 1.94. The molecular formula is C21H26N4O4. The number of benzene rings is 1. The minimum atomic E-state index is -0.373. The number of rotatable bonds is 6. The van der Waals surface area contributed by atoms with Crippen LogP contribution >= 0.6 is 0 Å². The molecule has 154 valence electrons. The summed E-state index contributed by atoms with van der Waals surface area (Å²) in [6, 6.07) is 11.7. The Kier molecular flexibility index (Phi) is 5.80. The van der Waals surface area contributed by atoms with Gasteiger partial charge in [-0.3, -0.25) is 9.89 Å². The molecule has 1 saturated carbocycles. The average Bonchev–Trinajstić information content (AvgIpc) is 3.37. The van der Waals surface area contributed by atoms with Gasteiger partial charge in [0.05, 0.1) is 5.69 Å². The maximum atomic E-state index is 12.3. The van der Waals surface area contributed by atoms with Crippen LogP contribution in [-0.2, 0) is 20.8 Å². The van der Waals surface area contributed by atoms with Crippen LogP contribution in [0.2, 0.25) is 0 Å². The zero-order valence-electron chi connectivity index (χ0n) is 16.5. The molecule has 1 unspecified atom stereocenters. The highest BCUT2D eigenvalue weighted by atomic mass is 16.6. The van der Waals surface area contributed by atoms with Crippen LogP contribution in [0.1, 0.15) is 42.9 Å². The zero-order valence-corrected chi connectivity index (χ0v) is 16.5. The molecule has 2 aliphatic rings.